The molecule has 5 nitrogen and oxygen atoms in total. The van der Waals surface area contributed by atoms with Gasteiger partial charge in [-0.3, -0.25) is 0 Å². The van der Waals surface area contributed by atoms with Crippen LogP contribution in [0.5, 0.6) is 0 Å². The lowest BCUT2D eigenvalue weighted by Crippen LogP contribution is -2.05. The minimum absolute atomic E-state index is 0.0392. The lowest BCUT2D eigenvalue weighted by Gasteiger charge is -2.06. The second-order valence-corrected chi connectivity index (χ2v) is 4.49. The molecule has 0 radical (unpaired) electrons. The highest BCUT2D eigenvalue weighted by molar-refractivity contribution is 5.94. The first kappa shape index (κ1) is 21.0. The van der Waals surface area contributed by atoms with Crippen molar-refractivity contribution >= 4 is 11.9 Å². The van der Waals surface area contributed by atoms with E-state index in [1.807, 2.05) is 0 Å². The van der Waals surface area contributed by atoms with Gasteiger partial charge in [0.05, 0.1) is 19.0 Å². The minimum atomic E-state index is -0.685. The molecule has 0 rings (SSSR count). The molecular formula is C19H22O5. The van der Waals surface area contributed by atoms with E-state index < -0.39 is 11.9 Å². The Morgan fingerprint density at radius 1 is 1.08 bits per heavy atom. The van der Waals surface area contributed by atoms with Crippen LogP contribution in [-0.4, -0.2) is 25.2 Å². The minimum Gasteiger partial charge on any atom is -0.498 e. The average Bonchev–Trinajstić information content (AvgIpc) is 2.57. The van der Waals surface area contributed by atoms with Gasteiger partial charge in [0.25, 0.3) is 0 Å². The first-order chi connectivity index (χ1) is 11.4. The molecule has 128 valence electrons. The molecule has 0 aliphatic heterocycles. The van der Waals surface area contributed by atoms with E-state index in [0.29, 0.717) is 31.8 Å². The second kappa shape index (κ2) is 12.5. The van der Waals surface area contributed by atoms with E-state index in [2.05, 4.69) is 25.7 Å². The maximum atomic E-state index is 11.7. The molecule has 0 aliphatic rings. The summed E-state index contributed by atoms with van der Waals surface area (Å²) in [5.74, 6) is 1.82. The SMILES string of the molecule is C#C/C(=C\C=C(/C)OCCCCOC(=O)C=C)C(=O)OC(=C)C=C. The second-order valence-electron chi connectivity index (χ2n) is 4.49. The van der Waals surface area contributed by atoms with Crippen molar-refractivity contribution in [3.05, 3.63) is 61.1 Å². The Labute approximate surface area is 143 Å². The molecule has 0 unspecified atom stereocenters. The molecule has 0 saturated heterocycles. The Hall–Kier alpha value is -3.00. The Balaban J connectivity index is 4.26. The summed E-state index contributed by atoms with van der Waals surface area (Å²) in [6.07, 6.45) is 12.1. The number of rotatable bonds is 11. The first-order valence-corrected chi connectivity index (χ1v) is 7.25. The van der Waals surface area contributed by atoms with E-state index in [9.17, 15) is 9.59 Å². The maximum absolute atomic E-state index is 11.7. The van der Waals surface area contributed by atoms with Crippen molar-refractivity contribution in [1.82, 2.24) is 0 Å². The fourth-order valence-electron chi connectivity index (χ4n) is 1.31. The largest absolute Gasteiger partial charge is 0.498 e. The van der Waals surface area contributed by atoms with Crippen molar-refractivity contribution in [3.63, 3.8) is 0 Å². The van der Waals surface area contributed by atoms with Gasteiger partial charge in [0.1, 0.15) is 11.3 Å². The third-order valence-corrected chi connectivity index (χ3v) is 2.59. The van der Waals surface area contributed by atoms with Gasteiger partial charge >= 0.3 is 11.9 Å². The summed E-state index contributed by atoms with van der Waals surface area (Å²) < 4.78 is 15.1. The predicted octanol–water partition coefficient (Wildman–Crippen LogP) is 3.22. The Kier molecular flexibility index (Phi) is 11.0. The molecule has 24 heavy (non-hydrogen) atoms. The van der Waals surface area contributed by atoms with E-state index in [1.165, 1.54) is 12.2 Å². The third-order valence-electron chi connectivity index (χ3n) is 2.59. The highest BCUT2D eigenvalue weighted by Crippen LogP contribution is 2.06. The normalized spacial score (nSPS) is 11.0. The quantitative estimate of drug-likeness (QED) is 0.145. The van der Waals surface area contributed by atoms with Crippen LogP contribution in [0.4, 0.5) is 0 Å². The van der Waals surface area contributed by atoms with Gasteiger partial charge in [-0.25, -0.2) is 9.59 Å². The zero-order valence-corrected chi connectivity index (χ0v) is 13.9. The van der Waals surface area contributed by atoms with Crippen LogP contribution in [0.25, 0.3) is 0 Å². The molecule has 0 saturated carbocycles. The van der Waals surface area contributed by atoms with Crippen LogP contribution in [0.15, 0.2) is 61.1 Å². The molecule has 0 fully saturated rings. The molecular weight excluding hydrogens is 308 g/mol. The summed E-state index contributed by atoms with van der Waals surface area (Å²) in [5.41, 5.74) is 0.0392. The van der Waals surface area contributed by atoms with E-state index in [4.69, 9.17) is 20.6 Å². The number of unbranched alkanes of at least 4 members (excludes halogenated alkanes) is 1. The van der Waals surface area contributed by atoms with Crippen LogP contribution >= 0.6 is 0 Å². The van der Waals surface area contributed by atoms with Crippen LogP contribution in [0.1, 0.15) is 19.8 Å². The monoisotopic (exact) mass is 330 g/mol. The lowest BCUT2D eigenvalue weighted by molar-refractivity contribution is -0.138. The van der Waals surface area contributed by atoms with Crippen LogP contribution in [0.3, 0.4) is 0 Å². The van der Waals surface area contributed by atoms with Gasteiger partial charge in [-0.05, 0) is 38.0 Å². The molecule has 0 bridgehead atoms. The number of carbonyl (C=O) groups is 2. The first-order valence-electron chi connectivity index (χ1n) is 7.25. The zero-order chi connectivity index (χ0) is 18.4. The number of allylic oxidation sites excluding steroid dienone is 4. The third kappa shape index (κ3) is 9.85. The summed E-state index contributed by atoms with van der Waals surface area (Å²) in [7, 11) is 0. The Bertz CT molecular complexity index is 587. The number of ether oxygens (including phenoxy) is 3. The molecule has 0 N–H and O–H groups in total. The molecule has 0 atom stereocenters. The van der Waals surface area contributed by atoms with E-state index in [-0.39, 0.29) is 11.3 Å². The molecule has 5 heteroatoms. The van der Waals surface area contributed by atoms with Crippen LogP contribution < -0.4 is 0 Å². The number of hydrogen-bond acceptors (Lipinski definition) is 5. The topological polar surface area (TPSA) is 61.8 Å². The maximum Gasteiger partial charge on any atom is 0.352 e. The predicted molar refractivity (Wildman–Crippen MR) is 92.4 cm³/mol. The number of hydrogen-bond donors (Lipinski definition) is 0. The summed E-state index contributed by atoms with van der Waals surface area (Å²) in [6.45, 7) is 12.7. The highest BCUT2D eigenvalue weighted by atomic mass is 16.5. The van der Waals surface area contributed by atoms with Crippen molar-refractivity contribution in [2.75, 3.05) is 13.2 Å². The average molecular weight is 330 g/mol. The van der Waals surface area contributed by atoms with Gasteiger partial charge < -0.3 is 14.2 Å². The number of esters is 2. The van der Waals surface area contributed by atoms with Crippen molar-refractivity contribution in [2.24, 2.45) is 0 Å². The van der Waals surface area contributed by atoms with Gasteiger partial charge in [0.15, 0.2) is 0 Å². The van der Waals surface area contributed by atoms with Crippen molar-refractivity contribution in [3.8, 4) is 12.3 Å². The number of terminal acetylenes is 1. The van der Waals surface area contributed by atoms with Crippen molar-refractivity contribution < 1.29 is 23.8 Å². The van der Waals surface area contributed by atoms with Crippen LogP contribution in [0, 0.1) is 12.3 Å². The van der Waals surface area contributed by atoms with Crippen LogP contribution in [-0.2, 0) is 23.8 Å². The Morgan fingerprint density at radius 3 is 2.25 bits per heavy atom. The summed E-state index contributed by atoms with van der Waals surface area (Å²) in [4.78, 5) is 22.5. The van der Waals surface area contributed by atoms with Gasteiger partial charge in [-0.1, -0.05) is 25.7 Å². The zero-order valence-electron chi connectivity index (χ0n) is 13.9. The van der Waals surface area contributed by atoms with Crippen molar-refractivity contribution in [2.45, 2.75) is 19.8 Å². The smallest absolute Gasteiger partial charge is 0.352 e. The molecule has 0 aromatic heterocycles. The van der Waals surface area contributed by atoms with E-state index >= 15 is 0 Å². The van der Waals surface area contributed by atoms with E-state index in [0.717, 1.165) is 6.08 Å². The van der Waals surface area contributed by atoms with Gasteiger partial charge in [0, 0.05) is 6.08 Å². The van der Waals surface area contributed by atoms with Gasteiger partial charge in [-0.15, -0.1) is 6.42 Å². The summed E-state index contributed by atoms with van der Waals surface area (Å²) >= 11 is 0. The van der Waals surface area contributed by atoms with Crippen LogP contribution in [0.2, 0.25) is 0 Å². The van der Waals surface area contributed by atoms with Gasteiger partial charge in [0.2, 0.25) is 0 Å². The van der Waals surface area contributed by atoms with Crippen molar-refractivity contribution in [1.29, 1.82) is 0 Å². The lowest BCUT2D eigenvalue weighted by atomic mass is 10.2. The molecule has 0 aromatic rings. The molecule has 0 spiro atoms. The van der Waals surface area contributed by atoms with E-state index in [1.54, 1.807) is 13.0 Å². The standard InChI is InChI=1S/C19H22O5/c1-6-15(4)24-19(21)17(7-2)12-11-16(5)22-13-9-10-14-23-18(20)8-3/h2,6,8,11-12H,1,3-4,9-10,13-14H2,5H3/b16-11+,17-12+. The fourth-order valence-corrected chi connectivity index (χ4v) is 1.31. The van der Waals surface area contributed by atoms with Gasteiger partial charge in [-0.2, -0.15) is 0 Å². The summed E-state index contributed by atoms with van der Waals surface area (Å²) in [6, 6.07) is 0. The molecule has 0 aliphatic carbocycles. The fraction of sp³-hybridized carbons (Fsp3) is 0.263. The molecule has 0 heterocycles. The summed E-state index contributed by atoms with van der Waals surface area (Å²) in [5, 5.41) is 0. The Morgan fingerprint density at radius 2 is 1.71 bits per heavy atom. The number of carbonyl (C=O) groups excluding carboxylic acids is 2. The molecule has 0 amide bonds. The molecule has 0 aromatic carbocycles. The highest BCUT2D eigenvalue weighted by Gasteiger charge is 2.08.